The molecule has 4 nitrogen and oxygen atoms in total. The van der Waals surface area contributed by atoms with Crippen molar-refractivity contribution in [1.29, 1.82) is 0 Å². The first kappa shape index (κ1) is 12.2. The van der Waals surface area contributed by atoms with E-state index in [9.17, 15) is 0 Å². The van der Waals surface area contributed by atoms with Gasteiger partial charge in [0.1, 0.15) is 5.01 Å². The molecule has 2 rings (SSSR count). The monoisotopic (exact) mass is 244 g/mol. The minimum Gasteiger partial charge on any atom is -0.322 e. The van der Waals surface area contributed by atoms with Crippen molar-refractivity contribution >= 4 is 23.7 Å². The maximum Gasteiger partial charge on any atom is 0.110 e. The lowest BCUT2D eigenvalue weighted by Crippen LogP contribution is -2.03. The molecule has 2 aromatic heterocycles. The first-order chi connectivity index (χ1) is 6.66. The zero-order valence-corrected chi connectivity index (χ0v) is 10.2. The van der Waals surface area contributed by atoms with Crippen LogP contribution in [-0.2, 0) is 7.05 Å². The molecule has 0 aliphatic heterocycles. The summed E-state index contributed by atoms with van der Waals surface area (Å²) in [5.74, 6) is 0. The highest BCUT2D eigenvalue weighted by Gasteiger charge is 2.08. The van der Waals surface area contributed by atoms with Gasteiger partial charge in [-0.3, -0.25) is 4.68 Å². The molecule has 82 valence electrons. The third-order valence-corrected chi connectivity index (χ3v) is 2.96. The summed E-state index contributed by atoms with van der Waals surface area (Å²) in [5.41, 5.74) is 7.73. The molecule has 0 aromatic carbocycles. The zero-order valence-electron chi connectivity index (χ0n) is 8.54. The van der Waals surface area contributed by atoms with Gasteiger partial charge in [0.15, 0.2) is 0 Å². The molecule has 0 fully saturated rings. The summed E-state index contributed by atoms with van der Waals surface area (Å²) < 4.78 is 1.76. The van der Waals surface area contributed by atoms with Crippen LogP contribution in [0.4, 0.5) is 0 Å². The lowest BCUT2D eigenvalue weighted by atomic mass is 10.3. The quantitative estimate of drug-likeness (QED) is 0.879. The summed E-state index contributed by atoms with van der Waals surface area (Å²) in [6, 6.07) is 0.00502. The number of hydrogen-bond acceptors (Lipinski definition) is 4. The van der Waals surface area contributed by atoms with Crippen molar-refractivity contribution in [2.75, 3.05) is 0 Å². The molecule has 0 saturated heterocycles. The van der Waals surface area contributed by atoms with Crippen LogP contribution in [0.25, 0.3) is 11.3 Å². The molecule has 0 saturated carbocycles. The molecule has 2 heterocycles. The lowest BCUT2D eigenvalue weighted by Gasteiger charge is -1.96. The number of nitrogens with zero attached hydrogens (tertiary/aromatic N) is 3. The van der Waals surface area contributed by atoms with E-state index in [2.05, 4.69) is 10.1 Å². The van der Waals surface area contributed by atoms with Crippen molar-refractivity contribution < 1.29 is 0 Å². The van der Waals surface area contributed by atoms with Gasteiger partial charge in [-0.1, -0.05) is 0 Å². The van der Waals surface area contributed by atoms with Crippen molar-refractivity contribution in [2.24, 2.45) is 12.8 Å². The van der Waals surface area contributed by atoms with Gasteiger partial charge in [0.2, 0.25) is 0 Å². The van der Waals surface area contributed by atoms with E-state index in [1.54, 1.807) is 22.2 Å². The topological polar surface area (TPSA) is 56.7 Å². The number of thiazole rings is 1. The van der Waals surface area contributed by atoms with Crippen LogP contribution in [0.2, 0.25) is 0 Å². The van der Waals surface area contributed by atoms with Crippen LogP contribution >= 0.6 is 23.7 Å². The average molecular weight is 245 g/mol. The molecular weight excluding hydrogens is 232 g/mol. The molecule has 0 spiro atoms. The first-order valence-corrected chi connectivity index (χ1v) is 5.25. The average Bonchev–Trinajstić information content (AvgIpc) is 2.70. The number of rotatable bonds is 2. The molecule has 1 unspecified atom stereocenters. The highest BCUT2D eigenvalue weighted by atomic mass is 35.5. The van der Waals surface area contributed by atoms with Gasteiger partial charge in [0, 0.05) is 24.2 Å². The minimum atomic E-state index is 0. The second-order valence-electron chi connectivity index (χ2n) is 3.26. The molecule has 0 aliphatic rings. The number of aromatic nitrogens is 3. The standard InChI is InChI=1S/C9H12N4S.ClH/c1-6(10)9-12-8(5-14-9)7-3-11-13(2)4-7;/h3-6H,10H2,1-2H3;1H. The molecule has 0 bridgehead atoms. The van der Waals surface area contributed by atoms with Crippen LogP contribution in [0, 0.1) is 0 Å². The second-order valence-corrected chi connectivity index (χ2v) is 4.15. The van der Waals surface area contributed by atoms with Gasteiger partial charge in [0.25, 0.3) is 0 Å². The summed E-state index contributed by atoms with van der Waals surface area (Å²) in [5, 5.41) is 7.07. The van der Waals surface area contributed by atoms with E-state index in [0.717, 1.165) is 16.3 Å². The van der Waals surface area contributed by atoms with Gasteiger partial charge in [-0.25, -0.2) is 4.98 Å². The summed E-state index contributed by atoms with van der Waals surface area (Å²) in [6.07, 6.45) is 3.75. The Kier molecular flexibility index (Phi) is 3.84. The van der Waals surface area contributed by atoms with Gasteiger partial charge in [-0.15, -0.1) is 23.7 Å². The van der Waals surface area contributed by atoms with Gasteiger partial charge >= 0.3 is 0 Å². The van der Waals surface area contributed by atoms with E-state index in [1.165, 1.54) is 0 Å². The summed E-state index contributed by atoms with van der Waals surface area (Å²) in [4.78, 5) is 4.43. The molecule has 0 aliphatic carbocycles. The number of nitrogens with two attached hydrogens (primary N) is 1. The largest absolute Gasteiger partial charge is 0.322 e. The second kappa shape index (κ2) is 4.74. The molecule has 0 amide bonds. The summed E-state index contributed by atoms with van der Waals surface area (Å²) in [7, 11) is 1.89. The Balaban J connectivity index is 0.00000112. The van der Waals surface area contributed by atoms with E-state index in [-0.39, 0.29) is 18.4 Å². The smallest absolute Gasteiger partial charge is 0.110 e. The highest BCUT2D eigenvalue weighted by molar-refractivity contribution is 7.10. The Labute approximate surface area is 98.5 Å². The molecule has 2 N–H and O–H groups in total. The van der Waals surface area contributed by atoms with E-state index in [1.807, 2.05) is 25.5 Å². The Hall–Kier alpha value is -0.910. The predicted octanol–water partition coefficient (Wildman–Crippen LogP) is 1.99. The fourth-order valence-corrected chi connectivity index (χ4v) is 1.97. The first-order valence-electron chi connectivity index (χ1n) is 4.37. The van der Waals surface area contributed by atoms with E-state index >= 15 is 0 Å². The van der Waals surface area contributed by atoms with Crippen molar-refractivity contribution in [2.45, 2.75) is 13.0 Å². The van der Waals surface area contributed by atoms with E-state index in [4.69, 9.17) is 5.73 Å². The van der Waals surface area contributed by atoms with Crippen LogP contribution in [0.1, 0.15) is 18.0 Å². The predicted molar refractivity (Wildman–Crippen MR) is 64.2 cm³/mol. The van der Waals surface area contributed by atoms with Crippen molar-refractivity contribution in [3.63, 3.8) is 0 Å². The van der Waals surface area contributed by atoms with Crippen LogP contribution in [0.15, 0.2) is 17.8 Å². The van der Waals surface area contributed by atoms with Gasteiger partial charge < -0.3 is 5.73 Å². The SMILES string of the molecule is CC(N)c1nc(-c2cnn(C)c2)cs1.Cl. The number of halogens is 1. The molecule has 15 heavy (non-hydrogen) atoms. The number of hydrogen-bond donors (Lipinski definition) is 1. The summed E-state index contributed by atoms with van der Waals surface area (Å²) >= 11 is 1.59. The molecular formula is C9H13ClN4S. The van der Waals surface area contributed by atoms with Gasteiger partial charge in [0.05, 0.1) is 17.9 Å². The van der Waals surface area contributed by atoms with Gasteiger partial charge in [-0.2, -0.15) is 5.10 Å². The van der Waals surface area contributed by atoms with Crippen molar-refractivity contribution in [1.82, 2.24) is 14.8 Å². The highest BCUT2D eigenvalue weighted by Crippen LogP contribution is 2.23. The van der Waals surface area contributed by atoms with E-state index < -0.39 is 0 Å². The van der Waals surface area contributed by atoms with E-state index in [0.29, 0.717) is 0 Å². The third kappa shape index (κ3) is 2.56. The van der Waals surface area contributed by atoms with Crippen molar-refractivity contribution in [3.05, 3.63) is 22.8 Å². The molecule has 6 heteroatoms. The summed E-state index contributed by atoms with van der Waals surface area (Å²) in [6.45, 7) is 1.94. The fourth-order valence-electron chi connectivity index (χ4n) is 1.18. The maximum absolute atomic E-state index is 5.74. The Morgan fingerprint density at radius 2 is 2.27 bits per heavy atom. The fraction of sp³-hybridized carbons (Fsp3) is 0.333. The maximum atomic E-state index is 5.74. The Morgan fingerprint density at radius 1 is 1.53 bits per heavy atom. The zero-order chi connectivity index (χ0) is 10.1. The van der Waals surface area contributed by atoms with Gasteiger partial charge in [-0.05, 0) is 6.92 Å². The van der Waals surface area contributed by atoms with Crippen LogP contribution in [0.3, 0.4) is 0 Å². The molecule has 0 radical (unpaired) electrons. The number of aryl methyl sites for hydroxylation is 1. The Bertz CT molecular complexity index is 435. The Morgan fingerprint density at radius 3 is 2.73 bits per heavy atom. The molecule has 2 aromatic rings. The van der Waals surface area contributed by atoms with Crippen LogP contribution in [-0.4, -0.2) is 14.8 Å². The van der Waals surface area contributed by atoms with Crippen LogP contribution < -0.4 is 5.73 Å². The lowest BCUT2D eigenvalue weighted by molar-refractivity contribution is 0.768. The minimum absolute atomic E-state index is 0. The van der Waals surface area contributed by atoms with Crippen molar-refractivity contribution in [3.8, 4) is 11.3 Å². The third-order valence-electron chi connectivity index (χ3n) is 1.91. The van der Waals surface area contributed by atoms with Crippen LogP contribution in [0.5, 0.6) is 0 Å². The molecule has 1 atom stereocenters. The normalized spacial score (nSPS) is 12.2.